The number of rotatable bonds is 7. The molecule has 1 amide bonds. The highest BCUT2D eigenvalue weighted by Crippen LogP contribution is 2.30. The second kappa shape index (κ2) is 8.28. The zero-order valence-corrected chi connectivity index (χ0v) is 17.5. The molecule has 3 aromatic heterocycles. The number of carbonyl (C=O) groups is 1. The first-order valence-electron chi connectivity index (χ1n) is 8.23. The summed E-state index contributed by atoms with van der Waals surface area (Å²) >= 11 is 4.46. The van der Waals surface area contributed by atoms with Crippen molar-refractivity contribution in [2.45, 2.75) is 45.3 Å². The summed E-state index contributed by atoms with van der Waals surface area (Å²) in [6.07, 6.45) is 1.01. The predicted octanol–water partition coefficient (Wildman–Crippen LogP) is 4.04. The van der Waals surface area contributed by atoms with Crippen LogP contribution < -0.4 is 5.32 Å². The second-order valence-corrected chi connectivity index (χ2v) is 9.01. The van der Waals surface area contributed by atoms with E-state index in [4.69, 9.17) is 0 Å². The fourth-order valence-corrected chi connectivity index (χ4v) is 4.64. The minimum Gasteiger partial charge on any atom is -0.300 e. The fourth-order valence-electron chi connectivity index (χ4n) is 2.35. The average Bonchev–Trinajstić information content (AvgIpc) is 3.31. The molecule has 138 valence electrons. The molecule has 0 atom stereocenters. The molecule has 26 heavy (non-hydrogen) atoms. The van der Waals surface area contributed by atoms with Crippen LogP contribution >= 0.6 is 34.4 Å². The molecule has 0 unspecified atom stereocenters. The molecule has 0 aromatic carbocycles. The molecule has 10 heteroatoms. The van der Waals surface area contributed by atoms with E-state index in [1.54, 1.807) is 11.3 Å². The van der Waals surface area contributed by atoms with E-state index < -0.39 is 0 Å². The quantitative estimate of drug-likeness (QED) is 0.594. The van der Waals surface area contributed by atoms with Gasteiger partial charge in [0, 0.05) is 21.9 Å². The highest BCUT2D eigenvalue weighted by atomic mass is 32.2. The van der Waals surface area contributed by atoms with Crippen LogP contribution in [0.1, 0.15) is 36.7 Å². The number of nitrogens with one attached hydrogen (secondary N) is 1. The van der Waals surface area contributed by atoms with Crippen LogP contribution in [0.3, 0.4) is 0 Å². The van der Waals surface area contributed by atoms with Gasteiger partial charge in [0.05, 0.1) is 5.75 Å². The zero-order valence-electron chi connectivity index (χ0n) is 15.0. The van der Waals surface area contributed by atoms with Gasteiger partial charge in [-0.3, -0.25) is 14.7 Å². The number of nitrogens with zero attached hydrogens (tertiary/aromatic N) is 5. The van der Waals surface area contributed by atoms with Gasteiger partial charge < -0.3 is 0 Å². The Morgan fingerprint density at radius 2 is 2.12 bits per heavy atom. The van der Waals surface area contributed by atoms with Crippen LogP contribution in [0.15, 0.2) is 16.6 Å². The van der Waals surface area contributed by atoms with Crippen molar-refractivity contribution in [3.63, 3.8) is 0 Å². The summed E-state index contributed by atoms with van der Waals surface area (Å²) in [6.45, 7) is 8.17. The summed E-state index contributed by atoms with van der Waals surface area (Å²) < 4.78 is 2.08. The maximum absolute atomic E-state index is 12.1. The maximum Gasteiger partial charge on any atom is 0.236 e. The van der Waals surface area contributed by atoms with Crippen LogP contribution in [-0.4, -0.2) is 36.6 Å². The summed E-state index contributed by atoms with van der Waals surface area (Å²) in [5, 5.41) is 23.4. The fraction of sp³-hybridized carbons (Fsp3) is 0.438. The molecule has 0 aliphatic heterocycles. The third-order valence-corrected chi connectivity index (χ3v) is 6.32. The smallest absolute Gasteiger partial charge is 0.236 e. The molecular formula is C16H20N6OS3. The van der Waals surface area contributed by atoms with E-state index >= 15 is 0 Å². The van der Waals surface area contributed by atoms with Crippen molar-refractivity contribution in [2.75, 3.05) is 11.1 Å². The average molecular weight is 409 g/mol. The maximum atomic E-state index is 12.1. The number of thiophene rings is 1. The van der Waals surface area contributed by atoms with E-state index in [1.807, 2.05) is 6.92 Å². The molecule has 0 fully saturated rings. The Bertz CT molecular complexity index is 898. The first-order chi connectivity index (χ1) is 12.5. The summed E-state index contributed by atoms with van der Waals surface area (Å²) in [4.78, 5) is 13.5. The van der Waals surface area contributed by atoms with Crippen molar-refractivity contribution >= 4 is 45.5 Å². The van der Waals surface area contributed by atoms with Gasteiger partial charge >= 0.3 is 0 Å². The molecule has 7 nitrogen and oxygen atoms in total. The zero-order chi connectivity index (χ0) is 18.7. The van der Waals surface area contributed by atoms with Crippen molar-refractivity contribution < 1.29 is 4.79 Å². The molecule has 3 heterocycles. The van der Waals surface area contributed by atoms with Crippen molar-refractivity contribution in [1.29, 1.82) is 0 Å². The molecule has 0 bridgehead atoms. The Labute approximate surface area is 164 Å². The predicted molar refractivity (Wildman–Crippen MR) is 107 cm³/mol. The van der Waals surface area contributed by atoms with Crippen LogP contribution in [0.5, 0.6) is 0 Å². The van der Waals surface area contributed by atoms with Crippen LogP contribution in [0.25, 0.3) is 11.4 Å². The number of amides is 1. The van der Waals surface area contributed by atoms with Gasteiger partial charge in [-0.25, -0.2) is 0 Å². The van der Waals surface area contributed by atoms with Crippen LogP contribution in [0, 0.1) is 6.92 Å². The first-order valence-corrected chi connectivity index (χ1v) is 10.9. The van der Waals surface area contributed by atoms with Gasteiger partial charge in [-0.2, -0.15) is 0 Å². The van der Waals surface area contributed by atoms with Crippen molar-refractivity contribution in [3.05, 3.63) is 21.3 Å². The number of anilines is 1. The summed E-state index contributed by atoms with van der Waals surface area (Å²) in [7, 11) is 0. The lowest BCUT2D eigenvalue weighted by atomic mass is 10.2. The number of aryl methyl sites for hydroxylation is 2. The third-order valence-electron chi connectivity index (χ3n) is 3.55. The Kier molecular flexibility index (Phi) is 6.05. The van der Waals surface area contributed by atoms with E-state index in [-0.39, 0.29) is 17.7 Å². The molecule has 1 N–H and O–H groups in total. The Morgan fingerprint density at radius 3 is 2.73 bits per heavy atom. The summed E-state index contributed by atoms with van der Waals surface area (Å²) in [6, 6.07) is 2.35. The molecule has 0 saturated carbocycles. The largest absolute Gasteiger partial charge is 0.300 e. The molecule has 0 saturated heterocycles. The third kappa shape index (κ3) is 4.30. The van der Waals surface area contributed by atoms with E-state index in [9.17, 15) is 4.79 Å². The van der Waals surface area contributed by atoms with E-state index in [0.29, 0.717) is 5.13 Å². The Morgan fingerprint density at radius 1 is 1.31 bits per heavy atom. The van der Waals surface area contributed by atoms with Gasteiger partial charge in [-0.15, -0.1) is 31.7 Å². The van der Waals surface area contributed by atoms with Gasteiger partial charge in [0.2, 0.25) is 11.0 Å². The lowest BCUT2D eigenvalue weighted by molar-refractivity contribution is -0.113. The highest BCUT2D eigenvalue weighted by Gasteiger charge is 2.19. The topological polar surface area (TPSA) is 85.6 Å². The summed E-state index contributed by atoms with van der Waals surface area (Å²) in [5.41, 5.74) is 1.08. The SMILES string of the molecule is CCc1cc(-c2nnc(SCC(=O)Nc3nnc(C)s3)n2C(C)C)cs1. The standard InChI is InChI=1S/C16H20N6OS3/c1-5-12-6-11(7-24-12)14-19-21-16(22(14)9(2)3)25-8-13(23)17-15-20-18-10(4)26-15/h6-7,9H,5,8H2,1-4H3,(H,17,20,23). The second-order valence-electron chi connectivity index (χ2n) is 5.89. The minimum absolute atomic E-state index is 0.130. The van der Waals surface area contributed by atoms with E-state index in [2.05, 4.69) is 62.5 Å². The van der Waals surface area contributed by atoms with Gasteiger partial charge in [-0.05, 0) is 33.3 Å². The van der Waals surface area contributed by atoms with E-state index in [0.717, 1.165) is 28.0 Å². The van der Waals surface area contributed by atoms with Crippen molar-refractivity contribution in [3.8, 4) is 11.4 Å². The molecule has 0 aliphatic carbocycles. The van der Waals surface area contributed by atoms with Crippen LogP contribution in [0.4, 0.5) is 5.13 Å². The number of hydrogen-bond acceptors (Lipinski definition) is 8. The first kappa shape index (κ1) is 19.0. The molecule has 0 spiro atoms. The minimum atomic E-state index is -0.130. The van der Waals surface area contributed by atoms with Gasteiger partial charge in [-0.1, -0.05) is 30.0 Å². The molecule has 0 radical (unpaired) electrons. The molecular weight excluding hydrogens is 388 g/mol. The van der Waals surface area contributed by atoms with Gasteiger partial charge in [0.1, 0.15) is 5.01 Å². The molecule has 3 aromatic rings. The van der Waals surface area contributed by atoms with Gasteiger partial charge in [0.25, 0.3) is 0 Å². The monoisotopic (exact) mass is 408 g/mol. The number of carbonyl (C=O) groups excluding carboxylic acids is 1. The number of thioether (sulfide) groups is 1. The van der Waals surface area contributed by atoms with E-state index in [1.165, 1.54) is 28.0 Å². The lowest BCUT2D eigenvalue weighted by Crippen LogP contribution is -2.15. The highest BCUT2D eigenvalue weighted by molar-refractivity contribution is 7.99. The van der Waals surface area contributed by atoms with Crippen molar-refractivity contribution in [2.24, 2.45) is 0 Å². The number of aromatic nitrogens is 5. The molecule has 3 rings (SSSR count). The lowest BCUT2D eigenvalue weighted by Gasteiger charge is -2.12. The van der Waals surface area contributed by atoms with Crippen LogP contribution in [-0.2, 0) is 11.2 Å². The Hall–Kier alpha value is -1.78. The van der Waals surface area contributed by atoms with Crippen LogP contribution in [0.2, 0.25) is 0 Å². The van der Waals surface area contributed by atoms with Crippen molar-refractivity contribution in [1.82, 2.24) is 25.0 Å². The van der Waals surface area contributed by atoms with Gasteiger partial charge in [0.15, 0.2) is 11.0 Å². The summed E-state index contributed by atoms with van der Waals surface area (Å²) in [5.74, 6) is 0.960. The number of hydrogen-bond donors (Lipinski definition) is 1. The normalized spacial score (nSPS) is 11.3. The molecule has 0 aliphatic rings. The Balaban J connectivity index is 1.72.